The zero-order chi connectivity index (χ0) is 30.2. The number of halogens is 5. The maximum Gasteiger partial charge on any atom is 0.272 e. The molecule has 0 saturated carbocycles. The predicted octanol–water partition coefficient (Wildman–Crippen LogP) is 6.52. The van der Waals surface area contributed by atoms with Crippen LogP contribution in [-0.4, -0.2) is 23.5 Å². The van der Waals surface area contributed by atoms with Crippen molar-refractivity contribution >= 4 is 46.9 Å². The number of anilines is 2. The molecule has 214 valence electrons. The van der Waals surface area contributed by atoms with E-state index < -0.39 is 58.2 Å². The Hall–Kier alpha value is -4.97. The second-order valence-electron chi connectivity index (χ2n) is 8.59. The van der Waals surface area contributed by atoms with Crippen molar-refractivity contribution in [2.45, 2.75) is 4.90 Å². The average molecular weight is 598 g/mol. The fourth-order valence-electron chi connectivity index (χ4n) is 3.54. The molecule has 12 heteroatoms. The number of thioether (sulfide) groups is 1. The summed E-state index contributed by atoms with van der Waals surface area (Å²) in [5, 5.41) is 7.01. The quantitative estimate of drug-likeness (QED) is 0.0888. The fraction of sp³-hybridized carbons (Fsp3) is 0.0333. The molecule has 4 aromatic carbocycles. The minimum absolute atomic E-state index is 0.0300. The smallest absolute Gasteiger partial charge is 0.272 e. The first-order chi connectivity index (χ1) is 20.1. The van der Waals surface area contributed by atoms with E-state index in [1.54, 1.807) is 42.5 Å². The van der Waals surface area contributed by atoms with E-state index >= 15 is 0 Å². The molecule has 4 aromatic rings. The van der Waals surface area contributed by atoms with Gasteiger partial charge >= 0.3 is 0 Å². The summed E-state index contributed by atoms with van der Waals surface area (Å²) < 4.78 is 67.9. The number of rotatable bonds is 9. The molecule has 0 aromatic heterocycles. The van der Waals surface area contributed by atoms with Gasteiger partial charge in [0.2, 0.25) is 5.91 Å². The Morgan fingerprint density at radius 2 is 1.40 bits per heavy atom. The first kappa shape index (κ1) is 30.0. The van der Waals surface area contributed by atoms with Crippen molar-refractivity contribution in [2.75, 3.05) is 16.4 Å². The summed E-state index contributed by atoms with van der Waals surface area (Å²) in [4.78, 5) is 38.6. The predicted molar refractivity (Wildman–Crippen MR) is 149 cm³/mol. The second kappa shape index (κ2) is 13.6. The van der Waals surface area contributed by atoms with Crippen LogP contribution in [0.1, 0.15) is 15.9 Å². The van der Waals surface area contributed by atoms with Crippen molar-refractivity contribution in [3.63, 3.8) is 0 Å². The van der Waals surface area contributed by atoms with Gasteiger partial charge in [0.25, 0.3) is 11.8 Å². The Kier molecular flexibility index (Phi) is 9.71. The van der Waals surface area contributed by atoms with Gasteiger partial charge in [-0.1, -0.05) is 36.4 Å². The van der Waals surface area contributed by atoms with Crippen LogP contribution in [0, 0.1) is 29.1 Å². The minimum Gasteiger partial charge on any atom is -0.321 e. The van der Waals surface area contributed by atoms with E-state index in [0.717, 1.165) is 11.8 Å². The molecule has 0 aliphatic heterocycles. The molecule has 0 heterocycles. The third kappa shape index (κ3) is 7.82. The summed E-state index contributed by atoms with van der Waals surface area (Å²) in [6, 6.07) is 19.6. The van der Waals surface area contributed by atoms with Crippen LogP contribution >= 0.6 is 11.8 Å². The van der Waals surface area contributed by atoms with Crippen LogP contribution in [0.15, 0.2) is 95.5 Å². The molecule has 0 saturated heterocycles. The summed E-state index contributed by atoms with van der Waals surface area (Å²) in [6.45, 7) is 0. The van der Waals surface area contributed by atoms with Gasteiger partial charge in [0.15, 0.2) is 23.3 Å². The van der Waals surface area contributed by atoms with E-state index in [9.17, 15) is 36.3 Å². The van der Waals surface area contributed by atoms with Crippen LogP contribution in [-0.2, 0) is 9.59 Å². The van der Waals surface area contributed by atoms with Crippen LogP contribution in [0.3, 0.4) is 0 Å². The van der Waals surface area contributed by atoms with Crippen LogP contribution in [0.4, 0.5) is 33.3 Å². The van der Waals surface area contributed by atoms with Crippen LogP contribution in [0.5, 0.6) is 0 Å². The Balaban J connectivity index is 1.46. The molecule has 0 aliphatic carbocycles. The van der Waals surface area contributed by atoms with Gasteiger partial charge in [0, 0.05) is 22.2 Å². The number of carbonyl (C=O) groups is 3. The maximum atomic E-state index is 13.8. The van der Waals surface area contributed by atoms with Gasteiger partial charge in [-0.3, -0.25) is 14.4 Å². The first-order valence-corrected chi connectivity index (χ1v) is 13.1. The first-order valence-electron chi connectivity index (χ1n) is 12.1. The summed E-state index contributed by atoms with van der Waals surface area (Å²) >= 11 is 0.914. The summed E-state index contributed by atoms with van der Waals surface area (Å²) in [7, 11) is 0. The van der Waals surface area contributed by atoms with E-state index in [-0.39, 0.29) is 17.5 Å². The van der Waals surface area contributed by atoms with E-state index in [1.165, 1.54) is 42.5 Å². The standard InChI is InChI=1S/C30H20F5N3O3S/c31-19-11-9-17(10-12-19)13-24(37-29(40)18-5-2-1-3-6-18)30(41)36-20-7-4-8-21(14-20)42-16-25(39)38-28-26(34)22(32)15-23(33)27(28)35/h1-15H,16H2,(H,36,41)(H,37,40)(H,38,39)/b24-13+. The van der Waals surface area contributed by atoms with Gasteiger partial charge in [-0.05, 0) is 54.1 Å². The lowest BCUT2D eigenvalue weighted by atomic mass is 10.1. The second-order valence-corrected chi connectivity index (χ2v) is 9.64. The molecule has 0 atom stereocenters. The van der Waals surface area contributed by atoms with Crippen molar-refractivity contribution in [2.24, 2.45) is 0 Å². The molecule has 42 heavy (non-hydrogen) atoms. The topological polar surface area (TPSA) is 87.3 Å². The summed E-state index contributed by atoms with van der Waals surface area (Å²) in [6.07, 6.45) is 1.37. The molecular weight excluding hydrogens is 577 g/mol. The Labute approximate surface area is 240 Å². The van der Waals surface area contributed by atoms with Gasteiger partial charge in [0.1, 0.15) is 17.2 Å². The van der Waals surface area contributed by atoms with Gasteiger partial charge in [0.05, 0.1) is 5.75 Å². The largest absolute Gasteiger partial charge is 0.321 e. The maximum absolute atomic E-state index is 13.8. The monoisotopic (exact) mass is 597 g/mol. The van der Waals surface area contributed by atoms with Crippen LogP contribution in [0.2, 0.25) is 0 Å². The molecule has 0 spiro atoms. The zero-order valence-corrected chi connectivity index (χ0v) is 22.2. The van der Waals surface area contributed by atoms with E-state index in [1.807, 2.05) is 5.32 Å². The third-order valence-corrected chi connectivity index (χ3v) is 6.54. The van der Waals surface area contributed by atoms with Gasteiger partial charge < -0.3 is 16.0 Å². The number of amides is 3. The lowest BCUT2D eigenvalue weighted by Gasteiger charge is -2.12. The molecular formula is C30H20F5N3O3S. The molecule has 0 aliphatic rings. The number of hydrogen-bond acceptors (Lipinski definition) is 4. The van der Waals surface area contributed by atoms with E-state index in [0.29, 0.717) is 16.0 Å². The van der Waals surface area contributed by atoms with Crippen molar-refractivity contribution < 1.29 is 36.3 Å². The Morgan fingerprint density at radius 3 is 2.07 bits per heavy atom. The lowest BCUT2D eigenvalue weighted by molar-refractivity contribution is -0.114. The minimum atomic E-state index is -1.74. The highest BCUT2D eigenvalue weighted by molar-refractivity contribution is 8.00. The van der Waals surface area contributed by atoms with Gasteiger partial charge in [-0.15, -0.1) is 11.8 Å². The SMILES string of the molecule is O=C(CSc1cccc(NC(=O)/C(=C\c2ccc(F)cc2)NC(=O)c2ccccc2)c1)Nc1c(F)c(F)cc(F)c1F. The lowest BCUT2D eigenvalue weighted by Crippen LogP contribution is -2.30. The van der Waals surface area contributed by atoms with Gasteiger partial charge in [-0.25, -0.2) is 22.0 Å². The number of benzene rings is 4. The van der Waals surface area contributed by atoms with Crippen LogP contribution < -0.4 is 16.0 Å². The Morgan fingerprint density at radius 1 is 0.738 bits per heavy atom. The highest BCUT2D eigenvalue weighted by atomic mass is 32.2. The zero-order valence-electron chi connectivity index (χ0n) is 21.4. The fourth-order valence-corrected chi connectivity index (χ4v) is 4.29. The third-order valence-electron chi connectivity index (χ3n) is 5.55. The normalized spacial score (nSPS) is 11.1. The Bertz CT molecular complexity index is 1640. The van der Waals surface area contributed by atoms with Crippen molar-refractivity contribution in [1.29, 1.82) is 0 Å². The molecule has 0 radical (unpaired) electrons. The van der Waals surface area contributed by atoms with E-state index in [4.69, 9.17) is 0 Å². The van der Waals surface area contributed by atoms with Crippen molar-refractivity contribution in [3.8, 4) is 0 Å². The number of nitrogens with one attached hydrogen (secondary N) is 3. The highest BCUT2D eigenvalue weighted by Gasteiger charge is 2.21. The van der Waals surface area contributed by atoms with E-state index in [2.05, 4.69) is 10.6 Å². The van der Waals surface area contributed by atoms with Crippen molar-refractivity contribution in [1.82, 2.24) is 5.32 Å². The average Bonchev–Trinajstić information content (AvgIpc) is 2.98. The molecule has 3 amide bonds. The molecule has 0 bridgehead atoms. The van der Waals surface area contributed by atoms with Crippen LogP contribution in [0.25, 0.3) is 6.08 Å². The number of carbonyl (C=O) groups excluding carboxylic acids is 3. The number of hydrogen-bond donors (Lipinski definition) is 3. The van der Waals surface area contributed by atoms with Gasteiger partial charge in [-0.2, -0.15) is 0 Å². The highest BCUT2D eigenvalue weighted by Crippen LogP contribution is 2.26. The summed E-state index contributed by atoms with van der Waals surface area (Å²) in [5.41, 5.74) is -0.367. The molecule has 6 nitrogen and oxygen atoms in total. The molecule has 3 N–H and O–H groups in total. The summed E-state index contributed by atoms with van der Waals surface area (Å²) in [5.74, 6) is -9.86. The molecule has 0 unspecified atom stereocenters. The molecule has 0 fully saturated rings. The van der Waals surface area contributed by atoms with Crippen molar-refractivity contribution in [3.05, 3.63) is 131 Å². The molecule has 4 rings (SSSR count).